The minimum atomic E-state index is -0.100. The van der Waals surface area contributed by atoms with Crippen LogP contribution in [0, 0.1) is 11.3 Å². The summed E-state index contributed by atoms with van der Waals surface area (Å²) in [7, 11) is 0. The van der Waals surface area contributed by atoms with Crippen LogP contribution in [0.1, 0.15) is 78.1 Å². The van der Waals surface area contributed by atoms with Crippen LogP contribution < -0.4 is 5.32 Å². The Hall–Kier alpha value is -1.05. The van der Waals surface area contributed by atoms with Gasteiger partial charge in [-0.05, 0) is 44.1 Å². The lowest BCUT2D eigenvalue weighted by molar-refractivity contribution is -0.133. The molecular weight excluding hydrogens is 258 g/mol. The highest BCUT2D eigenvalue weighted by Gasteiger charge is 2.40. The fraction of sp³-hybridized carbons (Fsp3) is 0.737. The minimum Gasteiger partial charge on any atom is -0.329 e. The van der Waals surface area contributed by atoms with Crippen molar-refractivity contribution in [3.8, 4) is 0 Å². The number of carbonyl (C=O) groups is 1. The van der Waals surface area contributed by atoms with E-state index in [1.807, 2.05) is 0 Å². The first-order valence-electron chi connectivity index (χ1n) is 8.87. The van der Waals surface area contributed by atoms with E-state index in [-0.39, 0.29) is 5.41 Å². The van der Waals surface area contributed by atoms with Crippen LogP contribution in [0.25, 0.3) is 0 Å². The third-order valence-corrected chi connectivity index (χ3v) is 5.41. The Bertz CT molecular complexity index is 398. The predicted octanol–water partition coefficient (Wildman–Crippen LogP) is 5.11. The quantitative estimate of drug-likeness (QED) is 0.723. The van der Waals surface area contributed by atoms with Crippen LogP contribution in [0.5, 0.6) is 0 Å². The Morgan fingerprint density at radius 2 is 1.95 bits per heavy atom. The molecule has 2 heteroatoms. The number of carbonyl (C=O) groups excluding carboxylic acids is 1. The van der Waals surface area contributed by atoms with Gasteiger partial charge in [0.1, 0.15) is 0 Å². The molecule has 0 aromatic heterocycles. The van der Waals surface area contributed by atoms with Crippen LogP contribution in [0.2, 0.25) is 0 Å². The molecule has 0 spiro atoms. The molecular formula is C19H31NO. The van der Waals surface area contributed by atoms with Gasteiger partial charge in [0.2, 0.25) is 5.91 Å². The van der Waals surface area contributed by atoms with Crippen molar-refractivity contribution in [2.45, 2.75) is 78.1 Å². The van der Waals surface area contributed by atoms with E-state index < -0.39 is 0 Å². The van der Waals surface area contributed by atoms with Gasteiger partial charge in [0.15, 0.2) is 0 Å². The van der Waals surface area contributed by atoms with Gasteiger partial charge in [-0.25, -0.2) is 0 Å². The highest BCUT2D eigenvalue weighted by atomic mass is 16.2. The zero-order valence-corrected chi connectivity index (χ0v) is 13.8. The van der Waals surface area contributed by atoms with Gasteiger partial charge >= 0.3 is 0 Å². The van der Waals surface area contributed by atoms with Crippen LogP contribution in [0.15, 0.2) is 23.9 Å². The van der Waals surface area contributed by atoms with Crippen LogP contribution in [0.4, 0.5) is 0 Å². The second-order valence-electron chi connectivity index (χ2n) is 6.84. The normalized spacial score (nSPS) is 21.2. The van der Waals surface area contributed by atoms with Crippen LogP contribution in [-0.2, 0) is 4.79 Å². The average Bonchev–Trinajstić information content (AvgIpc) is 2.54. The number of hydrogen-bond acceptors (Lipinski definition) is 1. The molecule has 0 aliphatic heterocycles. The SMILES string of the molecule is CCC(CC)CC1(C(=O)NC2=CC=CCC2)CCCCC1. The van der Waals surface area contributed by atoms with E-state index in [0.717, 1.165) is 37.8 Å². The van der Waals surface area contributed by atoms with Crippen molar-refractivity contribution in [3.05, 3.63) is 23.9 Å². The summed E-state index contributed by atoms with van der Waals surface area (Å²) in [5.74, 6) is 0.990. The zero-order chi connectivity index (χ0) is 15.1. The van der Waals surface area contributed by atoms with E-state index in [1.165, 1.54) is 32.1 Å². The van der Waals surface area contributed by atoms with E-state index in [2.05, 4.69) is 37.4 Å². The van der Waals surface area contributed by atoms with Gasteiger partial charge in [-0.3, -0.25) is 4.79 Å². The van der Waals surface area contributed by atoms with E-state index in [9.17, 15) is 4.79 Å². The molecule has 2 aliphatic rings. The molecule has 1 fully saturated rings. The molecule has 0 bridgehead atoms. The molecule has 0 heterocycles. The van der Waals surface area contributed by atoms with Gasteiger partial charge in [-0.15, -0.1) is 0 Å². The molecule has 0 aromatic rings. The molecule has 2 aliphatic carbocycles. The minimum absolute atomic E-state index is 0.100. The second-order valence-corrected chi connectivity index (χ2v) is 6.84. The number of nitrogens with one attached hydrogen (secondary N) is 1. The molecule has 2 rings (SSSR count). The van der Waals surface area contributed by atoms with Crippen molar-refractivity contribution in [1.29, 1.82) is 0 Å². The first-order valence-corrected chi connectivity index (χ1v) is 8.87. The summed E-state index contributed by atoms with van der Waals surface area (Å²) >= 11 is 0. The molecule has 0 atom stereocenters. The van der Waals surface area contributed by atoms with E-state index in [4.69, 9.17) is 0 Å². The van der Waals surface area contributed by atoms with E-state index in [0.29, 0.717) is 11.8 Å². The number of rotatable bonds is 6. The van der Waals surface area contributed by atoms with E-state index >= 15 is 0 Å². The third-order valence-electron chi connectivity index (χ3n) is 5.41. The molecule has 0 unspecified atom stereocenters. The van der Waals surface area contributed by atoms with E-state index in [1.54, 1.807) is 0 Å². The lowest BCUT2D eigenvalue weighted by Gasteiger charge is -2.38. The third kappa shape index (κ3) is 4.21. The fourth-order valence-electron chi connectivity index (χ4n) is 3.87. The highest BCUT2D eigenvalue weighted by molar-refractivity contribution is 5.84. The molecule has 1 saturated carbocycles. The number of hydrogen-bond donors (Lipinski definition) is 1. The van der Waals surface area contributed by atoms with Gasteiger partial charge in [-0.1, -0.05) is 58.1 Å². The van der Waals surface area contributed by atoms with Gasteiger partial charge in [0, 0.05) is 11.1 Å². The van der Waals surface area contributed by atoms with Gasteiger partial charge < -0.3 is 5.32 Å². The standard InChI is InChI=1S/C19H31NO/c1-3-16(4-2)15-19(13-9-6-10-14-19)18(21)20-17-11-7-5-8-12-17/h5,7,11,16H,3-4,6,8-10,12-15H2,1-2H3,(H,20,21). The zero-order valence-electron chi connectivity index (χ0n) is 13.8. The Kier molecular flexibility index (Phi) is 6.08. The lowest BCUT2D eigenvalue weighted by Crippen LogP contribution is -2.43. The molecule has 0 radical (unpaired) electrons. The monoisotopic (exact) mass is 289 g/mol. The molecule has 2 nitrogen and oxygen atoms in total. The van der Waals surface area contributed by atoms with Gasteiger partial charge in [0.05, 0.1) is 0 Å². The summed E-state index contributed by atoms with van der Waals surface area (Å²) in [4.78, 5) is 13.0. The smallest absolute Gasteiger partial charge is 0.230 e. The summed E-state index contributed by atoms with van der Waals surface area (Å²) in [6.07, 6.45) is 17.7. The predicted molar refractivity (Wildman–Crippen MR) is 88.8 cm³/mol. The summed E-state index contributed by atoms with van der Waals surface area (Å²) in [6.45, 7) is 4.52. The molecule has 21 heavy (non-hydrogen) atoms. The van der Waals surface area contributed by atoms with Crippen molar-refractivity contribution in [3.63, 3.8) is 0 Å². The maximum Gasteiger partial charge on any atom is 0.230 e. The largest absolute Gasteiger partial charge is 0.329 e. The topological polar surface area (TPSA) is 29.1 Å². The highest BCUT2D eigenvalue weighted by Crippen LogP contribution is 2.43. The maximum atomic E-state index is 13.0. The first-order chi connectivity index (χ1) is 10.2. The average molecular weight is 289 g/mol. The Labute approximate surface area is 130 Å². The fourth-order valence-corrected chi connectivity index (χ4v) is 3.87. The molecule has 0 saturated heterocycles. The molecule has 0 aromatic carbocycles. The summed E-state index contributed by atoms with van der Waals surface area (Å²) in [6, 6.07) is 0. The van der Waals surface area contributed by atoms with Crippen LogP contribution in [-0.4, -0.2) is 5.91 Å². The van der Waals surface area contributed by atoms with Crippen molar-refractivity contribution < 1.29 is 4.79 Å². The van der Waals surface area contributed by atoms with Gasteiger partial charge in [-0.2, -0.15) is 0 Å². The Balaban J connectivity index is 2.08. The first kappa shape index (κ1) is 16.3. The van der Waals surface area contributed by atoms with Crippen molar-refractivity contribution >= 4 is 5.91 Å². The van der Waals surface area contributed by atoms with Crippen molar-refractivity contribution in [1.82, 2.24) is 5.32 Å². The van der Waals surface area contributed by atoms with Crippen LogP contribution >= 0.6 is 0 Å². The molecule has 1 amide bonds. The second kappa shape index (κ2) is 7.82. The Morgan fingerprint density at radius 3 is 2.52 bits per heavy atom. The molecule has 118 valence electrons. The number of allylic oxidation sites excluding steroid dienone is 4. The van der Waals surface area contributed by atoms with Gasteiger partial charge in [0.25, 0.3) is 0 Å². The number of amides is 1. The summed E-state index contributed by atoms with van der Waals surface area (Å²) < 4.78 is 0. The Morgan fingerprint density at radius 1 is 1.24 bits per heavy atom. The summed E-state index contributed by atoms with van der Waals surface area (Å²) in [5, 5.41) is 3.25. The summed E-state index contributed by atoms with van der Waals surface area (Å²) in [5.41, 5.74) is 1.01. The maximum absolute atomic E-state index is 13.0. The van der Waals surface area contributed by atoms with Crippen molar-refractivity contribution in [2.24, 2.45) is 11.3 Å². The lowest BCUT2D eigenvalue weighted by atomic mass is 9.67. The van der Waals surface area contributed by atoms with Crippen molar-refractivity contribution in [2.75, 3.05) is 0 Å². The molecule has 1 N–H and O–H groups in total. The van der Waals surface area contributed by atoms with Crippen LogP contribution in [0.3, 0.4) is 0 Å².